The molecular formula is C13H14ClN3O. The molecule has 0 saturated carbocycles. The van der Waals surface area contributed by atoms with Crippen molar-refractivity contribution in [1.29, 1.82) is 0 Å². The number of aromatic nitrogens is 3. The Morgan fingerprint density at radius 1 is 1.44 bits per heavy atom. The zero-order valence-corrected chi connectivity index (χ0v) is 11.1. The summed E-state index contributed by atoms with van der Waals surface area (Å²) in [6.07, 6.45) is 5.63. The van der Waals surface area contributed by atoms with E-state index in [9.17, 15) is 4.79 Å². The van der Waals surface area contributed by atoms with E-state index in [0.717, 1.165) is 12.0 Å². The molecule has 0 fully saturated rings. The van der Waals surface area contributed by atoms with Crippen LogP contribution in [0.4, 0.5) is 0 Å². The molecule has 0 N–H and O–H groups in total. The summed E-state index contributed by atoms with van der Waals surface area (Å²) in [5.74, 6) is -0.128. The van der Waals surface area contributed by atoms with Gasteiger partial charge >= 0.3 is 0 Å². The van der Waals surface area contributed by atoms with Crippen molar-refractivity contribution in [2.75, 3.05) is 0 Å². The molecule has 0 bridgehead atoms. The summed E-state index contributed by atoms with van der Waals surface area (Å²) < 4.78 is 1.65. The maximum absolute atomic E-state index is 12.5. The molecular weight excluding hydrogens is 250 g/mol. The van der Waals surface area contributed by atoms with Gasteiger partial charge in [0.15, 0.2) is 0 Å². The van der Waals surface area contributed by atoms with Crippen LogP contribution in [-0.4, -0.2) is 20.5 Å². The lowest BCUT2D eigenvalue weighted by molar-refractivity contribution is 0.102. The summed E-state index contributed by atoms with van der Waals surface area (Å²) >= 11 is 6.05. The van der Waals surface area contributed by atoms with E-state index in [-0.39, 0.29) is 5.78 Å². The summed E-state index contributed by atoms with van der Waals surface area (Å²) in [5.41, 5.74) is 1.89. The van der Waals surface area contributed by atoms with Crippen molar-refractivity contribution in [1.82, 2.24) is 14.8 Å². The second-order valence-corrected chi connectivity index (χ2v) is 4.49. The molecule has 0 amide bonds. The van der Waals surface area contributed by atoms with Crippen LogP contribution < -0.4 is 0 Å². The fraction of sp³-hybridized carbons (Fsp3) is 0.308. The number of aryl methyl sites for hydroxylation is 2. The van der Waals surface area contributed by atoms with Crippen molar-refractivity contribution >= 4 is 17.4 Å². The van der Waals surface area contributed by atoms with E-state index in [1.54, 1.807) is 17.1 Å². The molecule has 18 heavy (non-hydrogen) atoms. The van der Waals surface area contributed by atoms with Crippen LogP contribution in [0.1, 0.15) is 35.0 Å². The smallest absolute Gasteiger partial charge is 0.214 e. The molecule has 2 aromatic rings. The lowest BCUT2D eigenvalue weighted by atomic mass is 10.1. The van der Waals surface area contributed by atoms with E-state index in [2.05, 4.69) is 10.1 Å². The SMILES string of the molecule is CCCn1ncc(Cl)c1C(=O)c1cnccc1C. The van der Waals surface area contributed by atoms with Gasteiger partial charge in [-0.15, -0.1) is 0 Å². The Bertz CT molecular complexity index is 577. The predicted octanol–water partition coefficient (Wildman–Crippen LogP) is 2.88. The molecule has 0 aliphatic carbocycles. The highest BCUT2D eigenvalue weighted by Crippen LogP contribution is 2.20. The highest BCUT2D eigenvalue weighted by molar-refractivity contribution is 6.34. The monoisotopic (exact) mass is 263 g/mol. The van der Waals surface area contributed by atoms with E-state index in [0.29, 0.717) is 22.8 Å². The van der Waals surface area contributed by atoms with Crippen molar-refractivity contribution in [3.63, 3.8) is 0 Å². The molecule has 94 valence electrons. The fourth-order valence-corrected chi connectivity index (χ4v) is 2.03. The lowest BCUT2D eigenvalue weighted by Gasteiger charge is -2.07. The van der Waals surface area contributed by atoms with Crippen LogP contribution in [0.5, 0.6) is 0 Å². The molecule has 0 aliphatic rings. The minimum atomic E-state index is -0.128. The average Bonchev–Trinajstić information content (AvgIpc) is 2.71. The molecule has 2 aromatic heterocycles. The molecule has 0 radical (unpaired) electrons. The number of hydrogen-bond donors (Lipinski definition) is 0. The molecule has 0 spiro atoms. The third-order valence-corrected chi connectivity index (χ3v) is 3.01. The van der Waals surface area contributed by atoms with Crippen molar-refractivity contribution < 1.29 is 4.79 Å². The highest BCUT2D eigenvalue weighted by atomic mass is 35.5. The molecule has 0 aliphatic heterocycles. The maximum atomic E-state index is 12.5. The van der Waals surface area contributed by atoms with Gasteiger partial charge in [-0.3, -0.25) is 14.5 Å². The van der Waals surface area contributed by atoms with Gasteiger partial charge in [-0.1, -0.05) is 18.5 Å². The third kappa shape index (κ3) is 2.29. The quantitative estimate of drug-likeness (QED) is 0.797. The van der Waals surface area contributed by atoms with Crippen molar-refractivity contribution in [2.24, 2.45) is 0 Å². The molecule has 2 heterocycles. The number of hydrogen-bond acceptors (Lipinski definition) is 3. The molecule has 5 heteroatoms. The second kappa shape index (κ2) is 5.31. The van der Waals surface area contributed by atoms with E-state index in [1.165, 1.54) is 6.20 Å². The molecule has 2 rings (SSSR count). The van der Waals surface area contributed by atoms with Crippen LogP contribution in [0.2, 0.25) is 5.02 Å². The first-order valence-electron chi connectivity index (χ1n) is 5.81. The summed E-state index contributed by atoms with van der Waals surface area (Å²) in [7, 11) is 0. The molecule has 0 aromatic carbocycles. The summed E-state index contributed by atoms with van der Waals surface area (Å²) in [6, 6.07) is 1.81. The summed E-state index contributed by atoms with van der Waals surface area (Å²) in [5, 5.41) is 4.51. The van der Waals surface area contributed by atoms with Crippen LogP contribution in [0.3, 0.4) is 0 Å². The number of rotatable bonds is 4. The van der Waals surface area contributed by atoms with Crippen molar-refractivity contribution in [3.05, 3.63) is 46.5 Å². The lowest BCUT2D eigenvalue weighted by Crippen LogP contribution is -2.13. The Hall–Kier alpha value is -1.68. The largest absolute Gasteiger partial charge is 0.287 e. The van der Waals surface area contributed by atoms with Gasteiger partial charge < -0.3 is 0 Å². The van der Waals surface area contributed by atoms with Gasteiger partial charge in [0.25, 0.3) is 0 Å². The number of carbonyl (C=O) groups is 1. The zero-order chi connectivity index (χ0) is 13.1. The summed E-state index contributed by atoms with van der Waals surface area (Å²) in [6.45, 7) is 4.58. The van der Waals surface area contributed by atoms with Crippen molar-refractivity contribution in [2.45, 2.75) is 26.8 Å². The fourth-order valence-electron chi connectivity index (χ4n) is 1.80. The van der Waals surface area contributed by atoms with E-state index in [4.69, 9.17) is 11.6 Å². The van der Waals surface area contributed by atoms with Gasteiger partial charge in [-0.25, -0.2) is 0 Å². The van der Waals surface area contributed by atoms with Gasteiger partial charge in [-0.05, 0) is 25.0 Å². The molecule has 0 saturated heterocycles. The first kappa shape index (κ1) is 12.8. The van der Waals surface area contributed by atoms with Crippen LogP contribution in [0.15, 0.2) is 24.7 Å². The normalized spacial score (nSPS) is 10.6. The average molecular weight is 264 g/mol. The van der Waals surface area contributed by atoms with Gasteiger partial charge in [0.2, 0.25) is 5.78 Å². The first-order valence-corrected chi connectivity index (χ1v) is 6.19. The second-order valence-electron chi connectivity index (χ2n) is 4.08. The number of ketones is 1. The maximum Gasteiger partial charge on any atom is 0.214 e. The van der Waals surface area contributed by atoms with Crippen LogP contribution in [0, 0.1) is 6.92 Å². The minimum Gasteiger partial charge on any atom is -0.287 e. The number of carbonyl (C=O) groups excluding carboxylic acids is 1. The Kier molecular flexibility index (Phi) is 3.77. The Balaban J connectivity index is 2.46. The zero-order valence-electron chi connectivity index (χ0n) is 10.4. The standard InChI is InChI=1S/C13H14ClN3O/c1-3-6-17-12(11(14)8-16-17)13(18)10-7-15-5-4-9(10)2/h4-5,7-8H,3,6H2,1-2H3. The highest BCUT2D eigenvalue weighted by Gasteiger charge is 2.20. The topological polar surface area (TPSA) is 47.8 Å². The van der Waals surface area contributed by atoms with Gasteiger partial charge in [-0.2, -0.15) is 5.10 Å². The van der Waals surface area contributed by atoms with Crippen molar-refractivity contribution in [3.8, 4) is 0 Å². The predicted molar refractivity (Wildman–Crippen MR) is 69.9 cm³/mol. The first-order chi connectivity index (χ1) is 8.65. The van der Waals surface area contributed by atoms with E-state index in [1.807, 2.05) is 19.9 Å². The van der Waals surface area contributed by atoms with E-state index >= 15 is 0 Å². The molecule has 0 unspecified atom stereocenters. The van der Waals surface area contributed by atoms with Gasteiger partial charge in [0.1, 0.15) is 5.69 Å². The summed E-state index contributed by atoms with van der Waals surface area (Å²) in [4.78, 5) is 16.4. The van der Waals surface area contributed by atoms with Crippen LogP contribution in [0.25, 0.3) is 0 Å². The van der Waals surface area contributed by atoms with Crippen LogP contribution >= 0.6 is 11.6 Å². The van der Waals surface area contributed by atoms with Crippen LogP contribution in [-0.2, 0) is 6.54 Å². The minimum absolute atomic E-state index is 0.128. The number of pyridine rings is 1. The molecule has 4 nitrogen and oxygen atoms in total. The number of nitrogens with zero attached hydrogens (tertiary/aromatic N) is 3. The van der Waals surface area contributed by atoms with E-state index < -0.39 is 0 Å². The molecule has 0 atom stereocenters. The van der Waals surface area contributed by atoms with Gasteiger partial charge in [0.05, 0.1) is 11.2 Å². The van der Waals surface area contributed by atoms with Gasteiger partial charge in [0, 0.05) is 24.5 Å². The Labute approximate surface area is 111 Å². The Morgan fingerprint density at radius 3 is 2.89 bits per heavy atom. The Morgan fingerprint density at radius 2 is 2.22 bits per heavy atom. The number of halogens is 1. The third-order valence-electron chi connectivity index (χ3n) is 2.73.